The Kier molecular flexibility index (Phi) is 5.60. The maximum atomic E-state index is 11.8. The molecule has 6 heteroatoms. The van der Waals surface area contributed by atoms with Crippen LogP contribution in [0.4, 0.5) is 5.82 Å². The summed E-state index contributed by atoms with van der Waals surface area (Å²) < 4.78 is 4.81. The summed E-state index contributed by atoms with van der Waals surface area (Å²) in [5.41, 5.74) is 3.80. The van der Waals surface area contributed by atoms with Crippen molar-refractivity contribution >= 4 is 35.0 Å². The molecule has 1 aromatic heterocycles. The van der Waals surface area contributed by atoms with E-state index in [-0.39, 0.29) is 5.97 Å². The highest BCUT2D eigenvalue weighted by Crippen LogP contribution is 2.29. The van der Waals surface area contributed by atoms with E-state index in [4.69, 9.17) is 4.74 Å². The van der Waals surface area contributed by atoms with Crippen molar-refractivity contribution in [1.82, 2.24) is 9.97 Å². The Morgan fingerprint density at radius 2 is 1.96 bits per heavy atom. The van der Waals surface area contributed by atoms with Crippen LogP contribution in [0.5, 0.6) is 0 Å². The SMILES string of the molecule is C=C/C(=C\N=C)c1nc(NC)c2cc(-c3cccc(C(=O)OC)c3)ccc2n1. The van der Waals surface area contributed by atoms with E-state index in [0.29, 0.717) is 22.8 Å². The number of allylic oxidation sites excluding steroid dienone is 2. The van der Waals surface area contributed by atoms with Gasteiger partial charge in [-0.05, 0) is 42.1 Å². The van der Waals surface area contributed by atoms with Gasteiger partial charge in [0, 0.05) is 24.2 Å². The fraction of sp³-hybridized carbons (Fsp3) is 0.0909. The lowest BCUT2D eigenvalue weighted by molar-refractivity contribution is 0.0601. The van der Waals surface area contributed by atoms with E-state index in [0.717, 1.165) is 22.0 Å². The quantitative estimate of drug-likeness (QED) is 0.395. The molecule has 0 saturated carbocycles. The molecule has 140 valence electrons. The average molecular weight is 372 g/mol. The molecule has 2 aromatic carbocycles. The van der Waals surface area contributed by atoms with Crippen LogP contribution in [-0.4, -0.2) is 36.8 Å². The van der Waals surface area contributed by atoms with E-state index in [2.05, 4.69) is 33.6 Å². The lowest BCUT2D eigenvalue weighted by Crippen LogP contribution is -2.02. The third-order valence-corrected chi connectivity index (χ3v) is 4.26. The minimum Gasteiger partial charge on any atom is -0.465 e. The molecule has 0 saturated heterocycles. The summed E-state index contributed by atoms with van der Waals surface area (Å²) in [6.07, 6.45) is 3.21. The zero-order valence-corrected chi connectivity index (χ0v) is 15.8. The van der Waals surface area contributed by atoms with Crippen molar-refractivity contribution in [1.29, 1.82) is 0 Å². The highest BCUT2D eigenvalue weighted by atomic mass is 16.5. The third-order valence-electron chi connectivity index (χ3n) is 4.26. The summed E-state index contributed by atoms with van der Waals surface area (Å²) >= 11 is 0. The Balaban J connectivity index is 2.14. The number of nitrogens with zero attached hydrogens (tertiary/aromatic N) is 3. The molecule has 3 rings (SSSR count). The van der Waals surface area contributed by atoms with Gasteiger partial charge < -0.3 is 10.1 Å². The number of rotatable bonds is 6. The van der Waals surface area contributed by atoms with Crippen molar-refractivity contribution < 1.29 is 9.53 Å². The van der Waals surface area contributed by atoms with Crippen LogP contribution in [0.15, 0.2) is 66.3 Å². The molecule has 0 aliphatic rings. The molecule has 1 heterocycles. The lowest BCUT2D eigenvalue weighted by atomic mass is 10.0. The lowest BCUT2D eigenvalue weighted by Gasteiger charge is -2.11. The number of benzene rings is 2. The number of esters is 1. The van der Waals surface area contributed by atoms with Crippen LogP contribution in [0.1, 0.15) is 16.2 Å². The summed E-state index contributed by atoms with van der Waals surface area (Å²) in [4.78, 5) is 24.8. The van der Waals surface area contributed by atoms with Gasteiger partial charge >= 0.3 is 5.97 Å². The first-order valence-electron chi connectivity index (χ1n) is 8.58. The minimum atomic E-state index is -0.369. The Labute approximate surface area is 163 Å². The topological polar surface area (TPSA) is 76.5 Å². The average Bonchev–Trinajstić information content (AvgIpc) is 2.75. The summed E-state index contributed by atoms with van der Waals surface area (Å²) in [7, 11) is 3.17. The van der Waals surface area contributed by atoms with E-state index in [1.54, 1.807) is 31.5 Å². The molecule has 3 aromatic rings. The molecule has 0 unspecified atom stereocenters. The van der Waals surface area contributed by atoms with Gasteiger partial charge in [0.1, 0.15) is 5.82 Å². The first-order valence-corrected chi connectivity index (χ1v) is 8.58. The van der Waals surface area contributed by atoms with Crippen LogP contribution < -0.4 is 5.32 Å². The molecular formula is C22H20N4O2. The third kappa shape index (κ3) is 3.66. The number of carbonyl (C=O) groups is 1. The predicted molar refractivity (Wildman–Crippen MR) is 114 cm³/mol. The normalized spacial score (nSPS) is 11.1. The molecule has 0 spiro atoms. The largest absolute Gasteiger partial charge is 0.465 e. The Bertz CT molecular complexity index is 1100. The summed E-state index contributed by atoms with van der Waals surface area (Å²) in [6.45, 7) is 7.25. The molecular weight excluding hydrogens is 352 g/mol. The minimum absolute atomic E-state index is 0.369. The highest BCUT2D eigenvalue weighted by Gasteiger charge is 2.12. The Hall–Kier alpha value is -3.80. The Morgan fingerprint density at radius 3 is 2.64 bits per heavy atom. The second kappa shape index (κ2) is 8.26. The van der Waals surface area contributed by atoms with Crippen molar-refractivity contribution in [3.63, 3.8) is 0 Å². The van der Waals surface area contributed by atoms with Crippen molar-refractivity contribution in [2.24, 2.45) is 4.99 Å². The van der Waals surface area contributed by atoms with E-state index in [9.17, 15) is 4.79 Å². The van der Waals surface area contributed by atoms with Gasteiger partial charge in [0.15, 0.2) is 5.82 Å². The van der Waals surface area contributed by atoms with Crippen LogP contribution in [0.25, 0.3) is 27.6 Å². The van der Waals surface area contributed by atoms with Gasteiger partial charge in [-0.1, -0.05) is 30.9 Å². The van der Waals surface area contributed by atoms with Crippen LogP contribution in [0.2, 0.25) is 0 Å². The molecule has 28 heavy (non-hydrogen) atoms. The van der Waals surface area contributed by atoms with Gasteiger partial charge in [-0.2, -0.15) is 0 Å². The molecule has 0 aliphatic heterocycles. The number of anilines is 1. The van der Waals surface area contributed by atoms with Crippen LogP contribution in [0, 0.1) is 0 Å². The molecule has 0 atom stereocenters. The molecule has 0 aliphatic carbocycles. The van der Waals surface area contributed by atoms with Gasteiger partial charge in [-0.25, -0.2) is 14.8 Å². The summed E-state index contributed by atoms with van der Waals surface area (Å²) in [5.74, 6) is 0.827. The highest BCUT2D eigenvalue weighted by molar-refractivity contribution is 5.95. The van der Waals surface area contributed by atoms with Crippen LogP contribution in [0.3, 0.4) is 0 Å². The number of ether oxygens (including phenoxy) is 1. The summed E-state index contributed by atoms with van der Waals surface area (Å²) in [5, 5.41) is 3.98. The van der Waals surface area contributed by atoms with Crippen LogP contribution in [-0.2, 0) is 4.74 Å². The van der Waals surface area contributed by atoms with Gasteiger partial charge in [-0.15, -0.1) is 0 Å². The molecule has 0 amide bonds. The number of fused-ring (bicyclic) bond motifs is 1. The monoisotopic (exact) mass is 372 g/mol. The molecule has 1 N–H and O–H groups in total. The molecule has 0 radical (unpaired) electrons. The standard InChI is InChI=1S/C22H20N4O2/c1-5-14(13-23-2)20-25-19-10-9-16(12-18(19)21(24-3)26-20)15-7-6-8-17(11-15)22(27)28-4/h5-13H,1-2H2,3-4H3,(H,24,25,26)/b14-13+. The number of aromatic nitrogens is 2. The van der Waals surface area contributed by atoms with E-state index >= 15 is 0 Å². The van der Waals surface area contributed by atoms with Crippen molar-refractivity contribution in [2.75, 3.05) is 19.5 Å². The van der Waals surface area contributed by atoms with E-state index in [1.165, 1.54) is 7.11 Å². The zero-order chi connectivity index (χ0) is 20.1. The number of nitrogens with one attached hydrogen (secondary N) is 1. The molecule has 6 nitrogen and oxygen atoms in total. The van der Waals surface area contributed by atoms with Crippen molar-refractivity contribution in [2.45, 2.75) is 0 Å². The van der Waals surface area contributed by atoms with E-state index < -0.39 is 0 Å². The number of methoxy groups -OCH3 is 1. The fourth-order valence-electron chi connectivity index (χ4n) is 2.87. The maximum Gasteiger partial charge on any atom is 0.337 e. The van der Waals surface area contributed by atoms with Gasteiger partial charge in [0.25, 0.3) is 0 Å². The second-order valence-electron chi connectivity index (χ2n) is 5.92. The van der Waals surface area contributed by atoms with Gasteiger partial charge in [0.05, 0.1) is 18.2 Å². The van der Waals surface area contributed by atoms with Crippen molar-refractivity contribution in [3.05, 3.63) is 72.7 Å². The first kappa shape index (κ1) is 19.0. The van der Waals surface area contributed by atoms with Gasteiger partial charge in [-0.3, -0.25) is 4.99 Å². The maximum absolute atomic E-state index is 11.8. The smallest absolute Gasteiger partial charge is 0.337 e. The van der Waals surface area contributed by atoms with E-state index in [1.807, 2.05) is 30.3 Å². The van der Waals surface area contributed by atoms with Crippen LogP contribution >= 0.6 is 0 Å². The first-order chi connectivity index (χ1) is 13.6. The molecule has 0 fully saturated rings. The predicted octanol–water partition coefficient (Wildman–Crippen LogP) is 4.35. The molecule has 0 bridgehead atoms. The number of hydrogen-bond donors (Lipinski definition) is 1. The van der Waals surface area contributed by atoms with Crippen molar-refractivity contribution in [3.8, 4) is 11.1 Å². The zero-order valence-electron chi connectivity index (χ0n) is 15.8. The fourth-order valence-corrected chi connectivity index (χ4v) is 2.87. The Morgan fingerprint density at radius 1 is 1.18 bits per heavy atom. The number of aliphatic imine (C=N–C) groups is 1. The number of hydrogen-bond acceptors (Lipinski definition) is 6. The summed E-state index contributed by atoms with van der Waals surface area (Å²) in [6, 6.07) is 13.2. The number of carbonyl (C=O) groups excluding carboxylic acids is 1. The van der Waals surface area contributed by atoms with Gasteiger partial charge in [0.2, 0.25) is 0 Å². The second-order valence-corrected chi connectivity index (χ2v) is 5.92.